The van der Waals surface area contributed by atoms with Crippen molar-refractivity contribution < 1.29 is 9.53 Å². The van der Waals surface area contributed by atoms with Crippen LogP contribution in [0, 0.1) is 0 Å². The lowest BCUT2D eigenvalue weighted by molar-refractivity contribution is -0.121. The van der Waals surface area contributed by atoms with Gasteiger partial charge in [0.05, 0.1) is 6.61 Å². The molecule has 14 heavy (non-hydrogen) atoms. The molecule has 0 aromatic carbocycles. The predicted molar refractivity (Wildman–Crippen MR) is 57.4 cm³/mol. The van der Waals surface area contributed by atoms with E-state index in [0.717, 1.165) is 0 Å². The van der Waals surface area contributed by atoms with Gasteiger partial charge in [-0.15, -0.1) is 0 Å². The first-order valence-corrected chi connectivity index (χ1v) is 4.84. The van der Waals surface area contributed by atoms with Gasteiger partial charge in [-0.2, -0.15) is 0 Å². The van der Waals surface area contributed by atoms with Crippen LogP contribution in [0.3, 0.4) is 0 Å². The van der Waals surface area contributed by atoms with Crippen molar-refractivity contribution in [2.24, 2.45) is 0 Å². The molecule has 0 saturated heterocycles. The topological polar surface area (TPSA) is 50.4 Å². The lowest BCUT2D eigenvalue weighted by Crippen LogP contribution is -2.30. The van der Waals surface area contributed by atoms with Gasteiger partial charge in [0.2, 0.25) is 5.91 Å². The molecule has 0 bridgehead atoms. The van der Waals surface area contributed by atoms with Gasteiger partial charge in [0.15, 0.2) is 0 Å². The molecule has 82 valence electrons. The van der Waals surface area contributed by atoms with Crippen molar-refractivity contribution in [3.63, 3.8) is 0 Å². The third kappa shape index (κ3) is 9.51. The summed E-state index contributed by atoms with van der Waals surface area (Å²) in [7, 11) is 1.60. The van der Waals surface area contributed by atoms with Gasteiger partial charge in [0.1, 0.15) is 0 Å². The lowest BCUT2D eigenvalue weighted by atomic mass is 10.4. The van der Waals surface area contributed by atoms with E-state index in [1.54, 1.807) is 7.11 Å². The molecule has 0 radical (unpaired) electrons. The molecular weight excluding hydrogens is 204 g/mol. The van der Waals surface area contributed by atoms with Crippen molar-refractivity contribution in [3.05, 3.63) is 11.6 Å². The van der Waals surface area contributed by atoms with Crippen molar-refractivity contribution >= 4 is 17.5 Å². The first-order chi connectivity index (χ1) is 6.66. The Hall–Kier alpha value is -0.580. The molecule has 0 aliphatic heterocycles. The largest absolute Gasteiger partial charge is 0.383 e. The summed E-state index contributed by atoms with van der Waals surface area (Å²) in [5, 5.41) is 6.24. The zero-order valence-electron chi connectivity index (χ0n) is 8.44. The van der Waals surface area contributed by atoms with Crippen LogP contribution in [0.5, 0.6) is 0 Å². The van der Waals surface area contributed by atoms with Crippen LogP contribution in [-0.4, -0.2) is 39.3 Å². The summed E-state index contributed by atoms with van der Waals surface area (Å²) in [4.78, 5) is 11.1. The quantitative estimate of drug-likeness (QED) is 0.585. The molecule has 4 nitrogen and oxygen atoms in total. The number of methoxy groups -OCH3 is 1. The average molecular weight is 221 g/mol. The Kier molecular flexibility index (Phi) is 8.62. The molecule has 2 N–H and O–H groups in total. The van der Waals surface area contributed by atoms with Crippen LogP contribution in [0.4, 0.5) is 0 Å². The van der Waals surface area contributed by atoms with Gasteiger partial charge in [0, 0.05) is 38.2 Å². The molecule has 5 heteroatoms. The number of amides is 1. The predicted octanol–water partition coefficient (Wildman–Crippen LogP) is 0.481. The Morgan fingerprint density at radius 3 is 2.79 bits per heavy atom. The number of halogens is 1. The van der Waals surface area contributed by atoms with Gasteiger partial charge in [-0.3, -0.25) is 4.79 Å². The van der Waals surface area contributed by atoms with Crippen molar-refractivity contribution in [1.82, 2.24) is 10.6 Å². The lowest BCUT2D eigenvalue weighted by Gasteiger charge is -2.05. The molecule has 0 aliphatic carbocycles. The zero-order valence-corrected chi connectivity index (χ0v) is 9.19. The fourth-order valence-corrected chi connectivity index (χ4v) is 0.901. The van der Waals surface area contributed by atoms with E-state index in [0.29, 0.717) is 37.7 Å². The molecule has 0 spiro atoms. The number of hydrogen-bond donors (Lipinski definition) is 2. The maximum atomic E-state index is 11.1. The highest BCUT2D eigenvalue weighted by atomic mass is 35.5. The van der Waals surface area contributed by atoms with Gasteiger partial charge >= 0.3 is 0 Å². The minimum absolute atomic E-state index is 0.00901. The van der Waals surface area contributed by atoms with Crippen LogP contribution >= 0.6 is 11.6 Å². The standard InChI is InChI=1S/C9H17ClN2O2/c1-8(10)7-11-4-3-9(13)12-5-6-14-2/h11H,1,3-7H2,2H3,(H,12,13). The van der Waals surface area contributed by atoms with Crippen LogP contribution < -0.4 is 10.6 Å². The van der Waals surface area contributed by atoms with Crippen molar-refractivity contribution in [1.29, 1.82) is 0 Å². The zero-order chi connectivity index (χ0) is 10.8. The summed E-state index contributed by atoms with van der Waals surface area (Å²) < 4.78 is 4.79. The molecule has 0 heterocycles. The van der Waals surface area contributed by atoms with E-state index in [2.05, 4.69) is 17.2 Å². The fraction of sp³-hybridized carbons (Fsp3) is 0.667. The van der Waals surface area contributed by atoms with Crippen molar-refractivity contribution in [2.75, 3.05) is 33.4 Å². The van der Waals surface area contributed by atoms with E-state index in [4.69, 9.17) is 16.3 Å². The average Bonchev–Trinajstić information content (AvgIpc) is 2.13. The maximum Gasteiger partial charge on any atom is 0.221 e. The van der Waals surface area contributed by atoms with E-state index in [9.17, 15) is 4.79 Å². The number of rotatable bonds is 8. The van der Waals surface area contributed by atoms with E-state index in [1.807, 2.05) is 0 Å². The van der Waals surface area contributed by atoms with Gasteiger partial charge < -0.3 is 15.4 Å². The Labute approximate surface area is 89.6 Å². The summed E-state index contributed by atoms with van der Waals surface area (Å²) in [6.07, 6.45) is 0.438. The number of ether oxygens (including phenoxy) is 1. The second kappa shape index (κ2) is 8.99. The van der Waals surface area contributed by atoms with Crippen LogP contribution in [0.1, 0.15) is 6.42 Å². The van der Waals surface area contributed by atoms with Crippen LogP contribution in [0.15, 0.2) is 11.6 Å². The second-order valence-electron chi connectivity index (χ2n) is 2.79. The minimum Gasteiger partial charge on any atom is -0.383 e. The Morgan fingerprint density at radius 1 is 1.50 bits per heavy atom. The first-order valence-electron chi connectivity index (χ1n) is 4.46. The third-order valence-corrected chi connectivity index (χ3v) is 1.61. The highest BCUT2D eigenvalue weighted by molar-refractivity contribution is 6.29. The molecule has 0 rings (SSSR count). The first kappa shape index (κ1) is 13.4. The van der Waals surface area contributed by atoms with Crippen LogP contribution in [0.2, 0.25) is 0 Å². The summed E-state index contributed by atoms with van der Waals surface area (Å²) in [6.45, 7) is 5.75. The SMILES string of the molecule is C=C(Cl)CNCCC(=O)NCCOC. The van der Waals surface area contributed by atoms with Crippen LogP contribution in [-0.2, 0) is 9.53 Å². The number of nitrogens with one attached hydrogen (secondary N) is 2. The molecule has 0 unspecified atom stereocenters. The van der Waals surface area contributed by atoms with Crippen molar-refractivity contribution in [3.8, 4) is 0 Å². The fourth-order valence-electron chi connectivity index (χ4n) is 0.807. The molecular formula is C9H17ClN2O2. The Morgan fingerprint density at radius 2 is 2.21 bits per heavy atom. The number of hydrogen-bond acceptors (Lipinski definition) is 3. The molecule has 0 aromatic rings. The van der Waals surface area contributed by atoms with E-state index in [1.165, 1.54) is 0 Å². The molecule has 0 aliphatic rings. The Balaban J connectivity index is 3.22. The molecule has 0 atom stereocenters. The van der Waals surface area contributed by atoms with Gasteiger partial charge in [-0.25, -0.2) is 0 Å². The maximum absolute atomic E-state index is 11.1. The molecule has 0 aromatic heterocycles. The van der Waals surface area contributed by atoms with E-state index < -0.39 is 0 Å². The number of carbonyl (C=O) groups is 1. The van der Waals surface area contributed by atoms with E-state index in [-0.39, 0.29) is 5.91 Å². The molecule has 1 amide bonds. The third-order valence-electron chi connectivity index (χ3n) is 1.47. The molecule has 0 saturated carbocycles. The van der Waals surface area contributed by atoms with Gasteiger partial charge in [0.25, 0.3) is 0 Å². The summed E-state index contributed by atoms with van der Waals surface area (Å²) in [5.41, 5.74) is 0. The summed E-state index contributed by atoms with van der Waals surface area (Å²) >= 11 is 5.52. The Bertz CT molecular complexity index is 186. The molecule has 0 fully saturated rings. The van der Waals surface area contributed by atoms with Crippen LogP contribution in [0.25, 0.3) is 0 Å². The summed E-state index contributed by atoms with van der Waals surface area (Å²) in [6, 6.07) is 0. The van der Waals surface area contributed by atoms with Gasteiger partial charge in [-0.05, 0) is 0 Å². The van der Waals surface area contributed by atoms with Crippen molar-refractivity contribution in [2.45, 2.75) is 6.42 Å². The highest BCUT2D eigenvalue weighted by Gasteiger charge is 1.99. The second-order valence-corrected chi connectivity index (χ2v) is 3.32. The highest BCUT2D eigenvalue weighted by Crippen LogP contribution is 1.91. The smallest absolute Gasteiger partial charge is 0.221 e. The van der Waals surface area contributed by atoms with Gasteiger partial charge in [-0.1, -0.05) is 18.2 Å². The van der Waals surface area contributed by atoms with E-state index >= 15 is 0 Å². The summed E-state index contributed by atoms with van der Waals surface area (Å²) in [5.74, 6) is 0.00901. The normalized spacial score (nSPS) is 9.86. The monoisotopic (exact) mass is 220 g/mol. The minimum atomic E-state index is 0.00901. The number of carbonyl (C=O) groups excluding carboxylic acids is 1.